The Labute approximate surface area is 174 Å². The van der Waals surface area contributed by atoms with Crippen LogP contribution in [0.5, 0.6) is 5.75 Å². The fourth-order valence-corrected chi connectivity index (χ4v) is 3.37. The van der Waals surface area contributed by atoms with Gasteiger partial charge in [0.2, 0.25) is 0 Å². The molecule has 3 aromatic rings. The van der Waals surface area contributed by atoms with E-state index in [1.54, 1.807) is 36.1 Å². The quantitative estimate of drug-likeness (QED) is 0.216. The van der Waals surface area contributed by atoms with Crippen LogP contribution in [0, 0.1) is 10.1 Å². The number of rotatable bonds is 8. The summed E-state index contributed by atoms with van der Waals surface area (Å²) in [6.45, 7) is -2.94. The number of alkyl halides is 2. The zero-order valence-corrected chi connectivity index (χ0v) is 16.4. The van der Waals surface area contributed by atoms with Gasteiger partial charge in [-0.2, -0.15) is 8.78 Å². The second-order valence-electron chi connectivity index (χ2n) is 6.01. The highest BCUT2D eigenvalue weighted by Crippen LogP contribution is 2.34. The summed E-state index contributed by atoms with van der Waals surface area (Å²) in [5, 5.41) is 12.1. The predicted molar refractivity (Wildman–Crippen MR) is 107 cm³/mol. The molecule has 0 atom stereocenters. The molecule has 1 aromatic heterocycles. The molecule has 0 saturated heterocycles. The Morgan fingerprint density at radius 1 is 1.27 bits per heavy atom. The minimum absolute atomic E-state index is 0.0537. The molecule has 0 unspecified atom stereocenters. The fraction of sp³-hybridized carbons (Fsp3) is 0.100. The maximum atomic E-state index is 12.3. The lowest BCUT2D eigenvalue weighted by atomic mass is 10.1. The van der Waals surface area contributed by atoms with Crippen molar-refractivity contribution in [2.75, 3.05) is 0 Å². The normalized spacial score (nSPS) is 11.2. The van der Waals surface area contributed by atoms with Crippen LogP contribution in [0.25, 0.3) is 6.08 Å². The van der Waals surface area contributed by atoms with E-state index in [2.05, 4.69) is 9.72 Å². The molecule has 1 heterocycles. The zero-order chi connectivity index (χ0) is 21.7. The molecule has 2 aromatic carbocycles. The molecule has 0 amide bonds. The number of benzene rings is 2. The Morgan fingerprint density at radius 3 is 2.60 bits per heavy atom. The first-order valence-corrected chi connectivity index (χ1v) is 9.36. The molecule has 0 radical (unpaired) electrons. The number of nitrogens with zero attached hydrogens (tertiary/aromatic N) is 3. The summed E-state index contributed by atoms with van der Waals surface area (Å²) in [5.74, 6) is -0.435. The van der Waals surface area contributed by atoms with Gasteiger partial charge in [0.05, 0.1) is 9.82 Å². The molecule has 0 bridgehead atoms. The maximum absolute atomic E-state index is 12.3. The number of carbonyl (C=O) groups is 1. The molecule has 7 nitrogen and oxygen atoms in total. The first-order chi connectivity index (χ1) is 14.3. The Bertz CT molecular complexity index is 1100. The second-order valence-corrected chi connectivity index (χ2v) is 7.02. The Morgan fingerprint density at radius 2 is 2.00 bits per heavy atom. The average Bonchev–Trinajstić information content (AvgIpc) is 3.11. The molecule has 0 aliphatic carbocycles. The zero-order valence-electron chi connectivity index (χ0n) is 15.6. The van der Waals surface area contributed by atoms with Crippen LogP contribution in [-0.2, 0) is 7.05 Å². The summed E-state index contributed by atoms with van der Waals surface area (Å²) in [5.41, 5.74) is 0.632. The van der Waals surface area contributed by atoms with E-state index in [1.165, 1.54) is 54.2 Å². The van der Waals surface area contributed by atoms with Gasteiger partial charge in [0.25, 0.3) is 5.69 Å². The minimum Gasteiger partial charge on any atom is -0.435 e. The van der Waals surface area contributed by atoms with Crippen LogP contribution in [0.3, 0.4) is 0 Å². The molecule has 0 fully saturated rings. The molecule has 3 rings (SSSR count). The smallest absolute Gasteiger partial charge is 0.387 e. The molecule has 0 aliphatic rings. The molecule has 0 N–H and O–H groups in total. The maximum Gasteiger partial charge on any atom is 0.387 e. The fourth-order valence-electron chi connectivity index (χ4n) is 2.48. The van der Waals surface area contributed by atoms with E-state index in [-0.39, 0.29) is 22.8 Å². The number of hydrogen-bond donors (Lipinski definition) is 0. The third-order valence-corrected chi connectivity index (χ3v) is 5.09. The number of aryl methyl sites for hydroxylation is 1. The second kappa shape index (κ2) is 9.31. The van der Waals surface area contributed by atoms with Crippen molar-refractivity contribution in [3.05, 3.63) is 82.2 Å². The number of hydrogen-bond acceptors (Lipinski definition) is 6. The van der Waals surface area contributed by atoms with Crippen molar-refractivity contribution in [3.8, 4) is 5.75 Å². The summed E-state index contributed by atoms with van der Waals surface area (Å²) in [6.07, 6.45) is 6.05. The summed E-state index contributed by atoms with van der Waals surface area (Å²) in [4.78, 5) is 27.8. The number of ketones is 1. The SMILES string of the molecule is Cn1ccnc1Sc1ccc(C=CC(=O)c2ccc(OC(F)F)cc2)cc1[N+](=O)[O-]. The molecule has 10 heteroatoms. The van der Waals surface area contributed by atoms with Crippen molar-refractivity contribution in [2.45, 2.75) is 16.7 Å². The van der Waals surface area contributed by atoms with E-state index in [0.717, 1.165) is 0 Å². The van der Waals surface area contributed by atoms with Crippen molar-refractivity contribution in [2.24, 2.45) is 7.05 Å². The van der Waals surface area contributed by atoms with E-state index < -0.39 is 11.5 Å². The lowest BCUT2D eigenvalue weighted by Crippen LogP contribution is -2.02. The van der Waals surface area contributed by atoms with Crippen LogP contribution >= 0.6 is 11.8 Å². The Kier molecular flexibility index (Phi) is 6.58. The van der Waals surface area contributed by atoms with Crippen molar-refractivity contribution >= 4 is 29.3 Å². The number of carbonyl (C=O) groups excluding carboxylic acids is 1. The lowest BCUT2D eigenvalue weighted by Gasteiger charge is -2.05. The standard InChI is InChI=1S/C20H15F2N3O4S/c1-24-11-10-23-20(24)30-18-9-3-13(12-16(18)25(27)28)2-8-17(26)14-4-6-15(7-5-14)29-19(21)22/h2-12,19H,1H3. The van der Waals surface area contributed by atoms with Crippen molar-refractivity contribution in [1.82, 2.24) is 9.55 Å². The predicted octanol–water partition coefficient (Wildman–Crippen LogP) is 4.98. The van der Waals surface area contributed by atoms with E-state index in [4.69, 9.17) is 0 Å². The molecule has 30 heavy (non-hydrogen) atoms. The Hall–Kier alpha value is -3.53. The van der Waals surface area contributed by atoms with Gasteiger partial charge in [-0.1, -0.05) is 12.1 Å². The lowest BCUT2D eigenvalue weighted by molar-refractivity contribution is -0.387. The average molecular weight is 431 g/mol. The van der Waals surface area contributed by atoms with Crippen LogP contribution in [0.2, 0.25) is 0 Å². The summed E-state index contributed by atoms with van der Waals surface area (Å²) < 4.78 is 30.3. The molecule has 154 valence electrons. The monoisotopic (exact) mass is 431 g/mol. The number of nitro groups is 1. The van der Waals surface area contributed by atoms with Gasteiger partial charge < -0.3 is 9.30 Å². The van der Waals surface area contributed by atoms with Gasteiger partial charge in [0.1, 0.15) is 5.75 Å². The highest BCUT2D eigenvalue weighted by atomic mass is 32.2. The van der Waals surface area contributed by atoms with E-state index >= 15 is 0 Å². The largest absolute Gasteiger partial charge is 0.435 e. The number of halogens is 2. The van der Waals surface area contributed by atoms with Gasteiger partial charge in [0, 0.05) is 31.1 Å². The van der Waals surface area contributed by atoms with Gasteiger partial charge in [-0.25, -0.2) is 4.98 Å². The van der Waals surface area contributed by atoms with Gasteiger partial charge in [-0.3, -0.25) is 14.9 Å². The van der Waals surface area contributed by atoms with Gasteiger partial charge >= 0.3 is 6.61 Å². The van der Waals surface area contributed by atoms with E-state index in [9.17, 15) is 23.7 Å². The number of aromatic nitrogens is 2. The van der Waals surface area contributed by atoms with Crippen molar-refractivity contribution in [3.63, 3.8) is 0 Å². The van der Waals surface area contributed by atoms with Gasteiger partial charge in [-0.05, 0) is 53.7 Å². The minimum atomic E-state index is -2.94. The molecular formula is C20H15F2N3O4S. The highest BCUT2D eigenvalue weighted by molar-refractivity contribution is 7.99. The highest BCUT2D eigenvalue weighted by Gasteiger charge is 2.17. The molecule has 0 saturated carbocycles. The van der Waals surface area contributed by atoms with E-state index in [0.29, 0.717) is 15.6 Å². The third kappa shape index (κ3) is 5.29. The number of allylic oxidation sites excluding steroid dienone is 1. The molecule has 0 aliphatic heterocycles. The number of ether oxygens (including phenoxy) is 1. The molecular weight excluding hydrogens is 416 g/mol. The van der Waals surface area contributed by atoms with Crippen LogP contribution in [0.4, 0.5) is 14.5 Å². The first-order valence-electron chi connectivity index (χ1n) is 8.54. The summed E-state index contributed by atoms with van der Waals surface area (Å²) in [7, 11) is 1.79. The van der Waals surface area contributed by atoms with Crippen molar-refractivity contribution in [1.29, 1.82) is 0 Å². The summed E-state index contributed by atoms with van der Waals surface area (Å²) >= 11 is 1.17. The Balaban J connectivity index is 1.76. The van der Waals surface area contributed by atoms with E-state index in [1.807, 2.05) is 0 Å². The van der Waals surface area contributed by atoms with Crippen LogP contribution in [0.1, 0.15) is 15.9 Å². The number of imidazole rings is 1. The summed E-state index contributed by atoms with van der Waals surface area (Å²) in [6, 6.07) is 9.87. The van der Waals surface area contributed by atoms with Crippen LogP contribution in [0.15, 0.2) is 71.0 Å². The van der Waals surface area contributed by atoms with Crippen LogP contribution in [-0.4, -0.2) is 26.9 Å². The molecule has 0 spiro atoms. The topological polar surface area (TPSA) is 87.3 Å². The van der Waals surface area contributed by atoms with Gasteiger partial charge in [-0.15, -0.1) is 0 Å². The third-order valence-electron chi connectivity index (χ3n) is 3.95. The van der Waals surface area contributed by atoms with Crippen LogP contribution < -0.4 is 4.74 Å². The number of nitro benzene ring substituents is 1. The first kappa shape index (κ1) is 21.2. The van der Waals surface area contributed by atoms with Gasteiger partial charge in [0.15, 0.2) is 10.9 Å². The van der Waals surface area contributed by atoms with Crippen molar-refractivity contribution < 1.29 is 23.2 Å².